The molecule has 0 amide bonds. The Hall–Kier alpha value is -1.13. The third kappa shape index (κ3) is 3.85. The second-order valence-corrected chi connectivity index (χ2v) is 4.02. The van der Waals surface area contributed by atoms with E-state index >= 15 is 0 Å². The molecular weight excluding hydrogens is 212 g/mol. The predicted molar refractivity (Wildman–Crippen MR) is 57.2 cm³/mol. The summed E-state index contributed by atoms with van der Waals surface area (Å²) in [5.41, 5.74) is 0. The van der Waals surface area contributed by atoms with Crippen molar-refractivity contribution in [1.82, 2.24) is 25.5 Å². The van der Waals surface area contributed by atoms with Crippen molar-refractivity contribution >= 4 is 11.8 Å². The Morgan fingerprint density at radius 1 is 1.67 bits per heavy atom. The Bertz CT molecular complexity index is 330. The van der Waals surface area contributed by atoms with Crippen LogP contribution in [-0.4, -0.2) is 38.5 Å². The molecule has 1 unspecified atom stereocenters. The predicted octanol–water partition coefficient (Wildman–Crippen LogP) is 0.194. The van der Waals surface area contributed by atoms with Crippen molar-refractivity contribution in [3.05, 3.63) is 0 Å². The number of nitrogens with zero attached hydrogens (tertiary/aromatic N) is 5. The van der Waals surface area contributed by atoms with Gasteiger partial charge in [-0.3, -0.25) is 0 Å². The summed E-state index contributed by atoms with van der Waals surface area (Å²) in [6, 6.07) is 2.13. The highest BCUT2D eigenvalue weighted by Crippen LogP contribution is 2.14. The number of hydrogen-bond donors (Lipinski definition) is 1. The van der Waals surface area contributed by atoms with Crippen molar-refractivity contribution in [3.63, 3.8) is 0 Å². The molecule has 82 valence electrons. The first-order valence-electron chi connectivity index (χ1n) is 4.76. The fourth-order valence-electron chi connectivity index (χ4n) is 1.07. The Morgan fingerprint density at radius 3 is 3.00 bits per heavy atom. The molecule has 15 heavy (non-hydrogen) atoms. The minimum Gasteiger partial charge on any atom is -0.302 e. The molecule has 0 aliphatic heterocycles. The van der Waals surface area contributed by atoms with E-state index in [1.165, 1.54) is 0 Å². The van der Waals surface area contributed by atoms with Crippen LogP contribution in [0.25, 0.3) is 0 Å². The lowest BCUT2D eigenvalue weighted by molar-refractivity contribution is 0.611. The number of hydrogen-bond acceptors (Lipinski definition) is 6. The van der Waals surface area contributed by atoms with Crippen molar-refractivity contribution in [2.75, 3.05) is 12.3 Å². The molecule has 7 heteroatoms. The van der Waals surface area contributed by atoms with Gasteiger partial charge in [-0.25, -0.2) is 4.68 Å². The van der Waals surface area contributed by atoms with E-state index in [9.17, 15) is 0 Å². The molecule has 0 saturated heterocycles. The maximum absolute atomic E-state index is 8.80. The molecule has 0 aliphatic rings. The van der Waals surface area contributed by atoms with Crippen LogP contribution in [0.5, 0.6) is 0 Å². The van der Waals surface area contributed by atoms with Gasteiger partial charge >= 0.3 is 0 Å². The number of aryl methyl sites for hydroxylation is 1. The van der Waals surface area contributed by atoms with Gasteiger partial charge in [0.1, 0.15) is 0 Å². The molecule has 1 atom stereocenters. The topological polar surface area (TPSA) is 79.4 Å². The summed E-state index contributed by atoms with van der Waals surface area (Å²) in [5.74, 6) is 0.833. The second-order valence-electron chi connectivity index (χ2n) is 2.96. The Balaban J connectivity index is 2.27. The highest BCUT2D eigenvalue weighted by molar-refractivity contribution is 7.99. The summed E-state index contributed by atoms with van der Waals surface area (Å²) in [6.07, 6.45) is 0.794. The average Bonchev–Trinajstić information content (AvgIpc) is 2.63. The van der Waals surface area contributed by atoms with E-state index in [2.05, 4.69) is 26.9 Å². The first kappa shape index (κ1) is 11.9. The van der Waals surface area contributed by atoms with Crippen molar-refractivity contribution in [3.8, 4) is 6.07 Å². The Kier molecular flexibility index (Phi) is 5.07. The molecule has 0 spiro atoms. The summed E-state index contributed by atoms with van der Waals surface area (Å²) in [7, 11) is 1.80. The van der Waals surface area contributed by atoms with E-state index in [0.717, 1.165) is 23.9 Å². The van der Waals surface area contributed by atoms with Crippen LogP contribution >= 0.6 is 11.8 Å². The fraction of sp³-hybridized carbons (Fsp3) is 0.750. The van der Waals surface area contributed by atoms with Crippen LogP contribution in [0.3, 0.4) is 0 Å². The van der Waals surface area contributed by atoms with Crippen LogP contribution < -0.4 is 5.32 Å². The summed E-state index contributed by atoms with van der Waals surface area (Å²) in [5, 5.41) is 23.8. The number of nitrogens with one attached hydrogen (secondary N) is 1. The molecular formula is C8H14N6S. The number of rotatable bonds is 6. The monoisotopic (exact) mass is 226 g/mol. The number of tetrazole rings is 1. The van der Waals surface area contributed by atoms with Gasteiger partial charge in [-0.1, -0.05) is 18.7 Å². The van der Waals surface area contributed by atoms with E-state index in [-0.39, 0.29) is 6.04 Å². The van der Waals surface area contributed by atoms with Gasteiger partial charge in [-0.2, -0.15) is 5.26 Å². The molecule has 1 heterocycles. The molecule has 1 rings (SSSR count). The molecule has 6 nitrogen and oxygen atoms in total. The highest BCUT2D eigenvalue weighted by atomic mass is 32.2. The third-order valence-corrected chi connectivity index (χ3v) is 2.87. The van der Waals surface area contributed by atoms with Gasteiger partial charge in [-0.05, 0) is 23.4 Å². The molecule has 0 aliphatic carbocycles. The Morgan fingerprint density at radius 2 is 2.47 bits per heavy atom. The van der Waals surface area contributed by atoms with Crippen LogP contribution in [0.2, 0.25) is 0 Å². The standard InChI is InChI=1S/C8H14N6S/c1-3-10-7(6-9)4-5-15-8-11-12-13-14(8)2/h7,10H,3-5H2,1-2H3. The smallest absolute Gasteiger partial charge is 0.209 e. The van der Waals surface area contributed by atoms with Gasteiger partial charge in [0.2, 0.25) is 5.16 Å². The number of nitriles is 1. The highest BCUT2D eigenvalue weighted by Gasteiger charge is 2.07. The summed E-state index contributed by atoms with van der Waals surface area (Å²) in [6.45, 7) is 2.80. The van der Waals surface area contributed by atoms with Gasteiger partial charge in [0, 0.05) is 12.8 Å². The SMILES string of the molecule is CCNC(C#N)CCSc1nnnn1C. The fourth-order valence-corrected chi connectivity index (χ4v) is 1.92. The largest absolute Gasteiger partial charge is 0.302 e. The maximum Gasteiger partial charge on any atom is 0.209 e. The summed E-state index contributed by atoms with van der Waals surface area (Å²) >= 11 is 1.56. The molecule has 0 aromatic carbocycles. The molecule has 1 aromatic rings. The van der Waals surface area contributed by atoms with Gasteiger partial charge in [0.25, 0.3) is 0 Å². The van der Waals surface area contributed by atoms with E-state index in [1.54, 1.807) is 23.5 Å². The minimum atomic E-state index is -0.0799. The molecule has 0 bridgehead atoms. The second kappa shape index (κ2) is 6.37. The lowest BCUT2D eigenvalue weighted by atomic mass is 10.2. The molecule has 0 saturated carbocycles. The van der Waals surface area contributed by atoms with Crippen molar-refractivity contribution in [2.24, 2.45) is 7.05 Å². The normalized spacial score (nSPS) is 12.3. The number of thioether (sulfide) groups is 1. The van der Waals surface area contributed by atoms with Crippen molar-refractivity contribution in [2.45, 2.75) is 24.5 Å². The molecule has 0 fully saturated rings. The van der Waals surface area contributed by atoms with Gasteiger partial charge in [-0.15, -0.1) is 5.10 Å². The van der Waals surface area contributed by atoms with Crippen LogP contribution in [0, 0.1) is 11.3 Å². The van der Waals surface area contributed by atoms with Gasteiger partial charge < -0.3 is 5.32 Å². The lowest BCUT2D eigenvalue weighted by Crippen LogP contribution is -2.27. The van der Waals surface area contributed by atoms with E-state index in [0.29, 0.717) is 0 Å². The zero-order chi connectivity index (χ0) is 11.1. The number of aromatic nitrogens is 4. The maximum atomic E-state index is 8.80. The van der Waals surface area contributed by atoms with Crippen molar-refractivity contribution < 1.29 is 0 Å². The summed E-state index contributed by atoms with van der Waals surface area (Å²) < 4.78 is 1.62. The first-order valence-corrected chi connectivity index (χ1v) is 5.74. The zero-order valence-electron chi connectivity index (χ0n) is 8.84. The molecule has 1 aromatic heterocycles. The average molecular weight is 226 g/mol. The first-order chi connectivity index (χ1) is 7.27. The lowest BCUT2D eigenvalue weighted by Gasteiger charge is -2.07. The quantitative estimate of drug-likeness (QED) is 0.698. The van der Waals surface area contributed by atoms with Crippen LogP contribution in [0.4, 0.5) is 0 Å². The molecule has 0 radical (unpaired) electrons. The Labute approximate surface area is 93.0 Å². The van der Waals surface area contributed by atoms with Gasteiger partial charge in [0.05, 0.1) is 12.1 Å². The van der Waals surface area contributed by atoms with Crippen LogP contribution in [0.15, 0.2) is 5.16 Å². The minimum absolute atomic E-state index is 0.0799. The van der Waals surface area contributed by atoms with E-state index < -0.39 is 0 Å². The molecule has 1 N–H and O–H groups in total. The summed E-state index contributed by atoms with van der Waals surface area (Å²) in [4.78, 5) is 0. The third-order valence-electron chi connectivity index (χ3n) is 1.83. The van der Waals surface area contributed by atoms with E-state index in [4.69, 9.17) is 5.26 Å². The van der Waals surface area contributed by atoms with Gasteiger partial charge in [0.15, 0.2) is 0 Å². The zero-order valence-corrected chi connectivity index (χ0v) is 9.66. The van der Waals surface area contributed by atoms with Crippen LogP contribution in [-0.2, 0) is 7.05 Å². The van der Waals surface area contributed by atoms with Crippen LogP contribution in [0.1, 0.15) is 13.3 Å². The van der Waals surface area contributed by atoms with Crippen molar-refractivity contribution in [1.29, 1.82) is 5.26 Å². The van der Waals surface area contributed by atoms with E-state index in [1.807, 2.05) is 6.92 Å².